The van der Waals surface area contributed by atoms with Crippen LogP contribution >= 0.6 is 0 Å². The Bertz CT molecular complexity index is 4280. The lowest BCUT2D eigenvalue weighted by molar-refractivity contribution is 1.16. The minimum absolute atomic E-state index is 0.522. The summed E-state index contributed by atoms with van der Waals surface area (Å²) in [6, 6.07) is 73.6. The summed E-state index contributed by atoms with van der Waals surface area (Å²) in [7, 11) is 0. The van der Waals surface area contributed by atoms with E-state index in [0.717, 1.165) is 105 Å². The zero-order valence-electron chi connectivity index (χ0n) is 37.6. The first-order valence-electron chi connectivity index (χ1n) is 22.9. The van der Waals surface area contributed by atoms with Gasteiger partial charge in [0.05, 0.1) is 86.0 Å². The molecule has 71 heavy (non-hydrogen) atoms. The molecule has 9 nitrogen and oxygen atoms in total. The van der Waals surface area contributed by atoms with E-state index >= 15 is 0 Å². The van der Waals surface area contributed by atoms with Gasteiger partial charge in [0.2, 0.25) is 0 Å². The van der Waals surface area contributed by atoms with E-state index in [4.69, 9.17) is 16.5 Å². The number of benzene rings is 9. The minimum atomic E-state index is 0.522. The maximum Gasteiger partial charge on any atom is 0.188 e. The van der Waals surface area contributed by atoms with Crippen LogP contribution in [0.4, 0.5) is 5.69 Å². The average Bonchev–Trinajstić information content (AvgIpc) is 4.07. The second kappa shape index (κ2) is 16.0. The Balaban J connectivity index is 1.01. The molecule has 4 heterocycles. The summed E-state index contributed by atoms with van der Waals surface area (Å²) < 4.78 is 6.89. The van der Waals surface area contributed by atoms with E-state index in [9.17, 15) is 15.8 Å². The van der Waals surface area contributed by atoms with E-state index in [0.29, 0.717) is 33.9 Å². The van der Waals surface area contributed by atoms with E-state index < -0.39 is 0 Å². The third kappa shape index (κ3) is 6.51. The van der Waals surface area contributed by atoms with Crippen molar-refractivity contribution in [3.8, 4) is 69.2 Å². The number of aromatic nitrogens is 5. The van der Waals surface area contributed by atoms with Gasteiger partial charge in [-0.25, -0.2) is 14.8 Å². The first kappa shape index (κ1) is 40.7. The predicted molar refractivity (Wildman–Crippen MR) is 282 cm³/mol. The van der Waals surface area contributed by atoms with Crippen LogP contribution < -0.4 is 0 Å². The lowest BCUT2D eigenvalue weighted by atomic mass is 10.0. The van der Waals surface area contributed by atoms with Gasteiger partial charge < -0.3 is 13.7 Å². The van der Waals surface area contributed by atoms with Gasteiger partial charge in [0, 0.05) is 60.7 Å². The fraction of sp³-hybridized carbons (Fsp3) is 0. The maximum atomic E-state index is 9.86. The SMILES string of the molecule is [C-]#[N+]c1ccc2c(c1)c1ccccc1n2-c1ccc2c(c1)c1cc(-n3c4ccccc4c4cc(C#N)ccc43)ccc1n2-c1ccc(-c2cc(-c3ccc(C#N)cc3)nc(-c3ccc(C#N)cc3)n2)cc1. The van der Waals surface area contributed by atoms with Crippen LogP contribution in [0.15, 0.2) is 200 Å². The van der Waals surface area contributed by atoms with E-state index in [-0.39, 0.29) is 0 Å². The van der Waals surface area contributed by atoms with Crippen LogP contribution in [-0.4, -0.2) is 23.7 Å². The first-order valence-corrected chi connectivity index (χ1v) is 22.9. The smallest absolute Gasteiger partial charge is 0.188 e. The minimum Gasteiger partial charge on any atom is -0.309 e. The van der Waals surface area contributed by atoms with Gasteiger partial charge in [0.25, 0.3) is 0 Å². The van der Waals surface area contributed by atoms with Crippen LogP contribution in [0.2, 0.25) is 0 Å². The van der Waals surface area contributed by atoms with Crippen molar-refractivity contribution >= 4 is 71.1 Å². The molecular weight excluding hydrogens is 871 g/mol. The van der Waals surface area contributed by atoms with Gasteiger partial charge in [-0.15, -0.1) is 0 Å². The van der Waals surface area contributed by atoms with Crippen LogP contribution in [0, 0.1) is 40.6 Å². The van der Waals surface area contributed by atoms with Crippen LogP contribution in [0.25, 0.3) is 121 Å². The van der Waals surface area contributed by atoms with Crippen molar-refractivity contribution < 1.29 is 0 Å². The molecule has 0 saturated heterocycles. The van der Waals surface area contributed by atoms with Gasteiger partial charge in [-0.05, 0) is 139 Å². The summed E-state index contributed by atoms with van der Waals surface area (Å²) in [6.45, 7) is 7.75. The van der Waals surface area contributed by atoms with Gasteiger partial charge in [0.15, 0.2) is 11.5 Å². The van der Waals surface area contributed by atoms with E-state index in [1.54, 1.807) is 24.3 Å². The normalized spacial score (nSPS) is 11.3. The van der Waals surface area contributed by atoms with Crippen molar-refractivity contribution in [2.24, 2.45) is 0 Å². The van der Waals surface area contributed by atoms with Crippen molar-refractivity contribution in [3.05, 3.63) is 228 Å². The first-order chi connectivity index (χ1) is 35.0. The summed E-state index contributed by atoms with van der Waals surface area (Å²) in [5.41, 5.74) is 15.5. The van der Waals surface area contributed by atoms with Crippen molar-refractivity contribution in [3.63, 3.8) is 0 Å². The average molecular weight is 904 g/mol. The molecule has 0 aliphatic carbocycles. The molecule has 0 radical (unpaired) electrons. The molecule has 9 heteroatoms. The Hall–Kier alpha value is -10.6. The topological polar surface area (TPSA) is 116 Å². The molecule has 0 spiro atoms. The van der Waals surface area contributed by atoms with Gasteiger partial charge >= 0.3 is 0 Å². The van der Waals surface area contributed by atoms with Crippen LogP contribution in [-0.2, 0) is 0 Å². The molecule has 0 unspecified atom stereocenters. The van der Waals surface area contributed by atoms with Crippen LogP contribution in [0.1, 0.15) is 16.7 Å². The number of hydrogen-bond acceptors (Lipinski definition) is 5. The molecule has 0 amide bonds. The molecule has 0 N–H and O–H groups in total. The zero-order chi connectivity index (χ0) is 47.7. The molecule has 13 rings (SSSR count). The molecule has 0 fully saturated rings. The second-order valence-electron chi connectivity index (χ2n) is 17.5. The number of hydrogen-bond donors (Lipinski definition) is 0. The fourth-order valence-electron chi connectivity index (χ4n) is 10.2. The quantitative estimate of drug-likeness (QED) is 0.154. The molecule has 0 atom stereocenters. The van der Waals surface area contributed by atoms with Crippen LogP contribution in [0.3, 0.4) is 0 Å². The predicted octanol–water partition coefficient (Wildman–Crippen LogP) is 14.9. The third-order valence-electron chi connectivity index (χ3n) is 13.6. The third-order valence-corrected chi connectivity index (χ3v) is 13.6. The summed E-state index contributed by atoms with van der Waals surface area (Å²) in [4.78, 5) is 13.8. The molecular formula is C62H33N9. The van der Waals surface area contributed by atoms with E-state index in [1.165, 1.54) is 0 Å². The largest absolute Gasteiger partial charge is 0.309 e. The highest BCUT2D eigenvalue weighted by Crippen LogP contribution is 2.41. The van der Waals surface area contributed by atoms with Crippen molar-refractivity contribution in [1.29, 1.82) is 15.8 Å². The molecule has 13 aromatic rings. The summed E-state index contributed by atoms with van der Waals surface area (Å²) in [5.74, 6) is 0.522. The standard InChI is InChI=1S/C62H33N9/c1-66-44-21-27-59-51(31-44)49-7-3-5-9-57(49)71(59)47-25-29-61-53(33-47)52-32-46(70-56-8-4-2-6-48(56)50-30-40(37-65)14-26-58(50)70)24-28-60(52)69(61)45-22-19-42(20-23-45)55-34-54(41-15-10-38(35-63)11-16-41)67-62(68-55)43-17-12-39(36-64)13-18-43/h2-34H. The fourth-order valence-corrected chi connectivity index (χ4v) is 10.2. The van der Waals surface area contributed by atoms with Gasteiger partial charge in [-0.1, -0.05) is 66.7 Å². The van der Waals surface area contributed by atoms with Gasteiger partial charge in [-0.3, -0.25) is 0 Å². The summed E-state index contributed by atoms with van der Waals surface area (Å²) >= 11 is 0. The Kier molecular flexibility index (Phi) is 9.19. The Labute approximate surface area is 406 Å². The Morgan fingerprint density at radius 2 is 0.746 bits per heavy atom. The number of nitriles is 3. The van der Waals surface area contributed by atoms with Gasteiger partial charge in [-0.2, -0.15) is 15.8 Å². The zero-order valence-corrected chi connectivity index (χ0v) is 37.6. The van der Waals surface area contributed by atoms with E-state index in [2.05, 4.69) is 134 Å². The molecule has 0 aliphatic rings. The lowest BCUT2D eigenvalue weighted by Gasteiger charge is -2.12. The van der Waals surface area contributed by atoms with E-state index in [1.807, 2.05) is 78.9 Å². The van der Waals surface area contributed by atoms with Gasteiger partial charge in [0.1, 0.15) is 0 Å². The number of nitrogens with zero attached hydrogens (tertiary/aromatic N) is 9. The number of para-hydroxylation sites is 2. The molecule has 9 aromatic carbocycles. The van der Waals surface area contributed by atoms with Crippen molar-refractivity contribution in [2.75, 3.05) is 0 Å². The number of rotatable bonds is 6. The molecule has 0 aliphatic heterocycles. The molecule has 4 aromatic heterocycles. The molecule has 0 bridgehead atoms. The molecule has 326 valence electrons. The lowest BCUT2D eigenvalue weighted by Crippen LogP contribution is -1.98. The summed E-state index contributed by atoms with van der Waals surface area (Å²) in [5, 5.41) is 35.2. The summed E-state index contributed by atoms with van der Waals surface area (Å²) in [6.07, 6.45) is 0. The van der Waals surface area contributed by atoms with Crippen molar-refractivity contribution in [2.45, 2.75) is 0 Å². The highest BCUT2D eigenvalue weighted by Gasteiger charge is 2.20. The number of fused-ring (bicyclic) bond motifs is 9. The second-order valence-corrected chi connectivity index (χ2v) is 17.5. The maximum absolute atomic E-state index is 9.86. The molecule has 0 saturated carbocycles. The highest BCUT2D eigenvalue weighted by molar-refractivity contribution is 6.14. The Morgan fingerprint density at radius 1 is 0.352 bits per heavy atom. The van der Waals surface area contributed by atoms with Crippen molar-refractivity contribution in [1.82, 2.24) is 23.7 Å². The monoisotopic (exact) mass is 903 g/mol. The Morgan fingerprint density at radius 3 is 1.27 bits per heavy atom. The highest BCUT2D eigenvalue weighted by atomic mass is 15.0. The van der Waals surface area contributed by atoms with Crippen LogP contribution in [0.5, 0.6) is 0 Å².